The summed E-state index contributed by atoms with van der Waals surface area (Å²) in [6.45, 7) is 2.47. The Morgan fingerprint density at radius 2 is 2.26 bits per heavy atom. The average Bonchev–Trinajstić information content (AvgIpc) is 3.24. The summed E-state index contributed by atoms with van der Waals surface area (Å²) in [5.41, 5.74) is 15.2. The number of imidazole rings is 1. The summed E-state index contributed by atoms with van der Waals surface area (Å²) in [4.78, 5) is 38.4. The average molecular weight is 455 g/mol. The number of halogens is 1. The predicted molar refractivity (Wildman–Crippen MR) is 105 cm³/mol. The molecule has 1 unspecified atom stereocenters. The molecule has 15 heteroatoms. The van der Waals surface area contributed by atoms with Crippen LogP contribution >= 0.6 is 11.6 Å². The third kappa shape index (κ3) is 4.52. The molecule has 0 aromatic carbocycles. The van der Waals surface area contributed by atoms with Crippen molar-refractivity contribution in [2.45, 2.75) is 44.4 Å². The first kappa shape index (κ1) is 22.7. The molecule has 1 fully saturated rings. The van der Waals surface area contributed by atoms with E-state index >= 15 is 0 Å². The molecule has 31 heavy (non-hydrogen) atoms. The largest absolute Gasteiger partial charge is 0.464 e. The van der Waals surface area contributed by atoms with E-state index in [1.807, 2.05) is 0 Å². The first-order valence-electron chi connectivity index (χ1n) is 9.10. The highest BCUT2D eigenvalue weighted by Gasteiger charge is 2.45. The Kier molecular flexibility index (Phi) is 6.87. The Balaban J connectivity index is 1.86. The highest BCUT2D eigenvalue weighted by molar-refractivity contribution is 6.28. The Hall–Kier alpha value is -3.03. The molecule has 1 saturated heterocycles. The van der Waals surface area contributed by atoms with Gasteiger partial charge in [0.25, 0.3) is 0 Å². The van der Waals surface area contributed by atoms with Gasteiger partial charge >= 0.3 is 5.97 Å². The first-order valence-corrected chi connectivity index (χ1v) is 9.48. The number of aromatic nitrogens is 4. The monoisotopic (exact) mass is 454 g/mol. The number of azide groups is 1. The van der Waals surface area contributed by atoms with Crippen LogP contribution < -0.4 is 5.73 Å². The van der Waals surface area contributed by atoms with E-state index in [1.54, 1.807) is 6.92 Å². The number of anilines is 1. The van der Waals surface area contributed by atoms with E-state index in [0.717, 1.165) is 0 Å². The molecule has 3 N–H and O–H groups in total. The molecule has 3 rings (SSSR count). The lowest BCUT2D eigenvalue weighted by Gasteiger charge is -2.19. The van der Waals surface area contributed by atoms with Gasteiger partial charge in [-0.05, 0) is 31.0 Å². The van der Waals surface area contributed by atoms with Gasteiger partial charge in [-0.1, -0.05) is 5.11 Å². The van der Waals surface area contributed by atoms with Gasteiger partial charge < -0.3 is 25.1 Å². The molecule has 0 spiro atoms. The van der Waals surface area contributed by atoms with Gasteiger partial charge in [-0.2, -0.15) is 9.97 Å². The molecular formula is C16H19ClN8O6. The SMILES string of the molecule is CCOC(=O)C(OC[C@H]1O[C@@H](n2cnc3c(N)nc(Cl)nc32)[C@H](N=[N+]=[N-])[C@@H]1O)C(C)=O. The Morgan fingerprint density at radius 1 is 1.52 bits per heavy atom. The highest BCUT2D eigenvalue weighted by atomic mass is 35.5. The van der Waals surface area contributed by atoms with E-state index in [-0.39, 0.29) is 35.5 Å². The van der Waals surface area contributed by atoms with E-state index in [9.17, 15) is 14.7 Å². The number of carbonyl (C=O) groups excluding carboxylic acids is 2. The molecule has 2 aromatic heterocycles. The second-order valence-electron chi connectivity index (χ2n) is 6.53. The number of ether oxygens (including phenoxy) is 3. The smallest absolute Gasteiger partial charge is 0.343 e. The van der Waals surface area contributed by atoms with Crippen molar-refractivity contribution < 1.29 is 28.9 Å². The number of hydrogen-bond donors (Lipinski definition) is 2. The zero-order valence-corrected chi connectivity index (χ0v) is 17.2. The lowest BCUT2D eigenvalue weighted by molar-refractivity contribution is -0.164. The first-order chi connectivity index (χ1) is 14.8. The quantitative estimate of drug-likeness (QED) is 0.141. The molecule has 0 saturated carbocycles. The van der Waals surface area contributed by atoms with E-state index in [4.69, 9.17) is 37.1 Å². The minimum atomic E-state index is -1.48. The second kappa shape index (κ2) is 9.41. The van der Waals surface area contributed by atoms with Gasteiger partial charge in [-0.15, -0.1) is 0 Å². The maximum Gasteiger partial charge on any atom is 0.343 e. The number of aliphatic hydroxyl groups is 1. The number of Topliss-reactive ketones (excluding diaryl/α,β-unsaturated/α-hetero) is 1. The molecular weight excluding hydrogens is 436 g/mol. The number of aliphatic hydroxyl groups excluding tert-OH is 1. The van der Waals surface area contributed by atoms with Gasteiger partial charge in [-0.3, -0.25) is 9.36 Å². The normalized spacial score (nSPS) is 24.0. The predicted octanol–water partition coefficient (Wildman–Crippen LogP) is 0.536. The molecule has 1 aliphatic heterocycles. The summed E-state index contributed by atoms with van der Waals surface area (Å²) < 4.78 is 17.4. The third-order valence-corrected chi connectivity index (χ3v) is 4.68. The molecule has 1 aliphatic rings. The maximum atomic E-state index is 11.9. The number of nitrogen functional groups attached to an aromatic ring is 1. The van der Waals surface area contributed by atoms with Crippen LogP contribution in [0.15, 0.2) is 11.4 Å². The van der Waals surface area contributed by atoms with Crippen LogP contribution in [-0.2, 0) is 23.8 Å². The van der Waals surface area contributed by atoms with Crippen molar-refractivity contribution in [3.05, 3.63) is 22.1 Å². The number of nitrogens with two attached hydrogens (primary N) is 1. The fraction of sp³-hybridized carbons (Fsp3) is 0.562. The number of esters is 1. The van der Waals surface area contributed by atoms with E-state index in [0.29, 0.717) is 0 Å². The fourth-order valence-electron chi connectivity index (χ4n) is 3.14. The second-order valence-corrected chi connectivity index (χ2v) is 6.87. The van der Waals surface area contributed by atoms with Crippen molar-refractivity contribution in [2.24, 2.45) is 5.11 Å². The lowest BCUT2D eigenvalue weighted by Crippen LogP contribution is -2.38. The number of hydrogen-bond acceptors (Lipinski definition) is 11. The summed E-state index contributed by atoms with van der Waals surface area (Å²) >= 11 is 5.87. The van der Waals surface area contributed by atoms with E-state index < -0.39 is 42.3 Å². The molecule has 0 aliphatic carbocycles. The molecule has 3 heterocycles. The number of ketones is 1. The van der Waals surface area contributed by atoms with Crippen LogP contribution in [0.25, 0.3) is 21.6 Å². The van der Waals surface area contributed by atoms with Gasteiger partial charge in [-0.25, -0.2) is 9.78 Å². The zero-order valence-electron chi connectivity index (χ0n) is 16.5. The number of fused-ring (bicyclic) bond motifs is 1. The van der Waals surface area contributed by atoms with Crippen molar-refractivity contribution in [1.29, 1.82) is 0 Å². The van der Waals surface area contributed by atoms with Crippen LogP contribution in [0.3, 0.4) is 0 Å². The van der Waals surface area contributed by atoms with Gasteiger partial charge in [0.15, 0.2) is 17.2 Å². The maximum absolute atomic E-state index is 11.9. The van der Waals surface area contributed by atoms with Crippen LogP contribution in [0.5, 0.6) is 0 Å². The van der Waals surface area contributed by atoms with Crippen LogP contribution in [0.4, 0.5) is 5.82 Å². The minimum absolute atomic E-state index is 0.0336. The molecule has 5 atom stereocenters. The van der Waals surface area contributed by atoms with Crippen LogP contribution in [-0.4, -0.2) is 73.9 Å². The van der Waals surface area contributed by atoms with Crippen molar-refractivity contribution in [3.63, 3.8) is 0 Å². The topological polar surface area (TPSA) is 200 Å². The Labute approximate surface area is 179 Å². The number of rotatable bonds is 8. The highest BCUT2D eigenvalue weighted by Crippen LogP contribution is 2.35. The summed E-state index contributed by atoms with van der Waals surface area (Å²) in [5.74, 6) is -1.39. The molecule has 0 bridgehead atoms. The minimum Gasteiger partial charge on any atom is -0.464 e. The summed E-state index contributed by atoms with van der Waals surface area (Å²) in [5, 5.41) is 14.1. The zero-order chi connectivity index (χ0) is 22.7. The van der Waals surface area contributed by atoms with Crippen LogP contribution in [0.1, 0.15) is 20.1 Å². The molecule has 0 amide bonds. The van der Waals surface area contributed by atoms with Crippen LogP contribution in [0.2, 0.25) is 5.28 Å². The molecule has 14 nitrogen and oxygen atoms in total. The molecule has 166 valence electrons. The number of carbonyl (C=O) groups is 2. The van der Waals surface area contributed by atoms with Crippen molar-refractivity contribution in [1.82, 2.24) is 19.5 Å². The standard InChI is InChI=1S/C16H19ClN8O6/c1-3-29-15(28)11(6(2)26)30-4-7-10(27)8(23-24-19)14(31-7)25-5-20-9-12(18)21-16(17)22-13(9)25/h5,7-8,10-11,14,27H,3-4H2,1-2H3,(H2,18,21,22)/t7-,8-,10-,11?,14-/m1/s1. The van der Waals surface area contributed by atoms with Gasteiger partial charge in [0.2, 0.25) is 11.4 Å². The van der Waals surface area contributed by atoms with Gasteiger partial charge in [0.1, 0.15) is 23.9 Å². The summed E-state index contributed by atoms with van der Waals surface area (Å²) in [6, 6.07) is -1.11. The Morgan fingerprint density at radius 3 is 2.90 bits per heavy atom. The van der Waals surface area contributed by atoms with Crippen molar-refractivity contribution >= 4 is 40.3 Å². The van der Waals surface area contributed by atoms with Crippen molar-refractivity contribution in [3.8, 4) is 0 Å². The van der Waals surface area contributed by atoms with Crippen LogP contribution in [0, 0.1) is 0 Å². The van der Waals surface area contributed by atoms with Gasteiger partial charge in [0.05, 0.1) is 25.6 Å². The lowest BCUT2D eigenvalue weighted by atomic mass is 10.1. The third-order valence-electron chi connectivity index (χ3n) is 4.51. The Bertz CT molecular complexity index is 1040. The number of nitrogens with zero attached hydrogens (tertiary/aromatic N) is 7. The molecule has 2 aromatic rings. The summed E-state index contributed by atoms with van der Waals surface area (Å²) in [7, 11) is 0. The fourth-order valence-corrected chi connectivity index (χ4v) is 3.31. The molecule has 0 radical (unpaired) electrons. The summed E-state index contributed by atoms with van der Waals surface area (Å²) in [6.07, 6.45) is -3.59. The van der Waals surface area contributed by atoms with Gasteiger partial charge in [0, 0.05) is 4.91 Å². The van der Waals surface area contributed by atoms with E-state index in [2.05, 4.69) is 25.0 Å². The van der Waals surface area contributed by atoms with E-state index in [1.165, 1.54) is 17.8 Å². The van der Waals surface area contributed by atoms with Crippen molar-refractivity contribution in [2.75, 3.05) is 18.9 Å².